The fourth-order valence-electron chi connectivity index (χ4n) is 2.25. The SMILES string of the molecule is COc1ccc(/C=N/NC(=O)c2[nH]c3ccccc3c2N)cc1. The summed E-state index contributed by atoms with van der Waals surface area (Å²) in [5, 5.41) is 4.76. The molecule has 0 saturated carbocycles. The highest BCUT2D eigenvalue weighted by molar-refractivity contribution is 6.07. The second kappa shape index (κ2) is 6.23. The summed E-state index contributed by atoms with van der Waals surface area (Å²) in [6.45, 7) is 0. The van der Waals surface area contributed by atoms with Gasteiger partial charge in [0.15, 0.2) is 0 Å². The number of nitrogens with zero attached hydrogens (tertiary/aromatic N) is 1. The van der Waals surface area contributed by atoms with Crippen molar-refractivity contribution in [2.24, 2.45) is 5.10 Å². The number of anilines is 1. The number of hydrazone groups is 1. The van der Waals surface area contributed by atoms with Crippen LogP contribution in [0.25, 0.3) is 10.9 Å². The normalized spacial score (nSPS) is 11.0. The molecule has 1 aromatic heterocycles. The Bertz CT molecular complexity index is 866. The summed E-state index contributed by atoms with van der Waals surface area (Å²) in [6.07, 6.45) is 1.55. The predicted octanol–water partition coefficient (Wildman–Crippen LogP) is 2.52. The number of aromatic nitrogens is 1. The Morgan fingerprint density at radius 2 is 1.96 bits per heavy atom. The van der Waals surface area contributed by atoms with E-state index >= 15 is 0 Å². The molecule has 0 aliphatic heterocycles. The van der Waals surface area contributed by atoms with Crippen LogP contribution in [0, 0.1) is 0 Å². The first-order valence-corrected chi connectivity index (χ1v) is 7.02. The Morgan fingerprint density at radius 3 is 2.65 bits per heavy atom. The third-order valence-electron chi connectivity index (χ3n) is 3.47. The fraction of sp³-hybridized carbons (Fsp3) is 0.0588. The Labute approximate surface area is 133 Å². The number of benzene rings is 2. The predicted molar refractivity (Wildman–Crippen MR) is 90.8 cm³/mol. The largest absolute Gasteiger partial charge is 0.497 e. The van der Waals surface area contributed by atoms with Crippen LogP contribution in [0.2, 0.25) is 0 Å². The van der Waals surface area contributed by atoms with E-state index in [1.807, 2.05) is 48.5 Å². The number of nitrogens with one attached hydrogen (secondary N) is 2. The maximum Gasteiger partial charge on any atom is 0.289 e. The Balaban J connectivity index is 1.72. The van der Waals surface area contributed by atoms with E-state index in [9.17, 15) is 4.79 Å². The third-order valence-corrected chi connectivity index (χ3v) is 3.47. The minimum atomic E-state index is -0.386. The number of hydrogen-bond acceptors (Lipinski definition) is 4. The van der Waals surface area contributed by atoms with Crippen molar-refractivity contribution in [1.82, 2.24) is 10.4 Å². The van der Waals surface area contributed by atoms with Gasteiger partial charge >= 0.3 is 0 Å². The third kappa shape index (κ3) is 3.01. The van der Waals surface area contributed by atoms with Gasteiger partial charge in [-0.1, -0.05) is 18.2 Å². The van der Waals surface area contributed by atoms with Crippen molar-refractivity contribution < 1.29 is 9.53 Å². The smallest absolute Gasteiger partial charge is 0.289 e. The highest BCUT2D eigenvalue weighted by atomic mass is 16.5. The zero-order valence-electron chi connectivity index (χ0n) is 12.5. The van der Waals surface area contributed by atoms with E-state index in [0.29, 0.717) is 11.4 Å². The Hall–Kier alpha value is -3.28. The second-order valence-corrected chi connectivity index (χ2v) is 4.93. The van der Waals surface area contributed by atoms with Gasteiger partial charge in [-0.05, 0) is 35.9 Å². The first-order chi connectivity index (χ1) is 11.2. The molecule has 3 aromatic rings. The highest BCUT2D eigenvalue weighted by Crippen LogP contribution is 2.24. The standard InChI is InChI=1S/C17H16N4O2/c1-23-12-8-6-11(7-9-12)10-19-21-17(22)16-15(18)13-4-2-3-5-14(13)20-16/h2-10,20H,18H2,1H3,(H,21,22)/b19-10+. The van der Waals surface area contributed by atoms with Crippen LogP contribution in [0.5, 0.6) is 5.75 Å². The van der Waals surface area contributed by atoms with Crippen molar-refractivity contribution >= 4 is 28.7 Å². The second-order valence-electron chi connectivity index (χ2n) is 4.93. The lowest BCUT2D eigenvalue weighted by molar-refractivity contribution is 0.0952. The molecular weight excluding hydrogens is 292 g/mol. The van der Waals surface area contributed by atoms with E-state index < -0.39 is 0 Å². The quantitative estimate of drug-likeness (QED) is 0.511. The monoisotopic (exact) mass is 308 g/mol. The molecule has 0 aliphatic rings. The fourth-order valence-corrected chi connectivity index (χ4v) is 2.25. The van der Waals surface area contributed by atoms with Gasteiger partial charge in [0, 0.05) is 10.9 Å². The van der Waals surface area contributed by atoms with Crippen molar-refractivity contribution in [2.75, 3.05) is 12.8 Å². The van der Waals surface area contributed by atoms with Gasteiger partial charge < -0.3 is 15.5 Å². The van der Waals surface area contributed by atoms with Crippen LogP contribution in [0.1, 0.15) is 16.1 Å². The molecule has 2 aromatic carbocycles. The maximum absolute atomic E-state index is 12.2. The number of aromatic amines is 1. The molecule has 6 nitrogen and oxygen atoms in total. The molecule has 0 spiro atoms. The van der Waals surface area contributed by atoms with Crippen molar-refractivity contribution in [3.8, 4) is 5.75 Å². The number of nitrogens with two attached hydrogens (primary N) is 1. The van der Waals surface area contributed by atoms with Crippen molar-refractivity contribution in [3.05, 3.63) is 59.8 Å². The van der Waals surface area contributed by atoms with Gasteiger partial charge in [-0.25, -0.2) is 5.43 Å². The van der Waals surface area contributed by atoms with Crippen LogP contribution in [0.15, 0.2) is 53.6 Å². The number of ether oxygens (including phenoxy) is 1. The summed E-state index contributed by atoms with van der Waals surface area (Å²) in [7, 11) is 1.61. The summed E-state index contributed by atoms with van der Waals surface area (Å²) in [5.74, 6) is 0.375. The minimum absolute atomic E-state index is 0.304. The zero-order chi connectivity index (χ0) is 16.2. The number of amides is 1. The molecule has 0 fully saturated rings. The molecule has 0 aliphatic carbocycles. The number of carbonyl (C=O) groups excluding carboxylic acids is 1. The average molecular weight is 308 g/mol. The number of para-hydroxylation sites is 1. The molecule has 0 bridgehead atoms. The first-order valence-electron chi connectivity index (χ1n) is 7.02. The average Bonchev–Trinajstić information content (AvgIpc) is 2.93. The molecule has 3 rings (SSSR count). The first kappa shape index (κ1) is 14.6. The van der Waals surface area contributed by atoms with Crippen LogP contribution >= 0.6 is 0 Å². The summed E-state index contributed by atoms with van der Waals surface area (Å²) in [4.78, 5) is 15.2. The molecule has 0 radical (unpaired) electrons. The topological polar surface area (TPSA) is 92.5 Å². The summed E-state index contributed by atoms with van der Waals surface area (Å²) >= 11 is 0. The van der Waals surface area contributed by atoms with E-state index in [-0.39, 0.29) is 5.91 Å². The van der Waals surface area contributed by atoms with Gasteiger partial charge in [-0.3, -0.25) is 4.79 Å². The number of fused-ring (bicyclic) bond motifs is 1. The van der Waals surface area contributed by atoms with Crippen LogP contribution in [0.4, 0.5) is 5.69 Å². The van der Waals surface area contributed by atoms with E-state index in [1.165, 1.54) is 0 Å². The molecule has 6 heteroatoms. The molecule has 0 unspecified atom stereocenters. The van der Waals surface area contributed by atoms with Crippen LogP contribution in [0.3, 0.4) is 0 Å². The molecule has 0 saturated heterocycles. The van der Waals surface area contributed by atoms with Crippen molar-refractivity contribution in [2.45, 2.75) is 0 Å². The molecule has 23 heavy (non-hydrogen) atoms. The summed E-state index contributed by atoms with van der Waals surface area (Å²) in [6, 6.07) is 14.8. The van der Waals surface area contributed by atoms with E-state index in [0.717, 1.165) is 22.2 Å². The van der Waals surface area contributed by atoms with Crippen LogP contribution in [-0.4, -0.2) is 24.2 Å². The molecule has 116 valence electrons. The van der Waals surface area contributed by atoms with E-state index in [4.69, 9.17) is 10.5 Å². The van der Waals surface area contributed by atoms with Gasteiger partial charge in [-0.2, -0.15) is 5.10 Å². The summed E-state index contributed by atoms with van der Waals surface area (Å²) in [5.41, 5.74) is 10.8. The number of carbonyl (C=O) groups is 1. The summed E-state index contributed by atoms with van der Waals surface area (Å²) < 4.78 is 5.08. The van der Waals surface area contributed by atoms with Gasteiger partial charge in [0.1, 0.15) is 11.4 Å². The van der Waals surface area contributed by atoms with Crippen LogP contribution in [-0.2, 0) is 0 Å². The van der Waals surface area contributed by atoms with Crippen LogP contribution < -0.4 is 15.9 Å². The number of rotatable bonds is 4. The number of H-pyrrole nitrogens is 1. The van der Waals surface area contributed by atoms with Gasteiger partial charge in [0.25, 0.3) is 5.91 Å². The van der Waals surface area contributed by atoms with Gasteiger partial charge in [-0.15, -0.1) is 0 Å². The van der Waals surface area contributed by atoms with E-state index in [1.54, 1.807) is 13.3 Å². The minimum Gasteiger partial charge on any atom is -0.497 e. The number of nitrogen functional groups attached to an aromatic ring is 1. The highest BCUT2D eigenvalue weighted by Gasteiger charge is 2.14. The van der Waals surface area contributed by atoms with Gasteiger partial charge in [0.2, 0.25) is 0 Å². The molecule has 0 atom stereocenters. The maximum atomic E-state index is 12.2. The van der Waals surface area contributed by atoms with E-state index in [2.05, 4.69) is 15.5 Å². The molecular formula is C17H16N4O2. The van der Waals surface area contributed by atoms with Gasteiger partial charge in [0.05, 0.1) is 19.0 Å². The molecule has 1 heterocycles. The zero-order valence-corrected chi connectivity index (χ0v) is 12.5. The Kier molecular flexibility index (Phi) is 3.97. The number of methoxy groups -OCH3 is 1. The lowest BCUT2D eigenvalue weighted by Crippen LogP contribution is -2.19. The van der Waals surface area contributed by atoms with Crippen molar-refractivity contribution in [1.29, 1.82) is 0 Å². The molecule has 4 N–H and O–H groups in total. The lowest BCUT2D eigenvalue weighted by Gasteiger charge is -2.00. The number of hydrogen-bond donors (Lipinski definition) is 3. The van der Waals surface area contributed by atoms with Crippen molar-refractivity contribution in [3.63, 3.8) is 0 Å². The molecule has 1 amide bonds. The Morgan fingerprint density at radius 1 is 1.22 bits per heavy atom. The lowest BCUT2D eigenvalue weighted by atomic mass is 10.2.